The monoisotopic (exact) mass is 453 g/mol. The largest absolute Gasteiger partial charge is 0.354 e. The van der Waals surface area contributed by atoms with Crippen LogP contribution in [-0.4, -0.2) is 62.7 Å². The number of rotatable bonds is 7. The molecule has 1 fully saturated rings. The van der Waals surface area contributed by atoms with Crippen molar-refractivity contribution in [3.05, 3.63) is 33.4 Å². The molecule has 170 valence electrons. The Bertz CT molecular complexity index is 1100. The molecule has 1 atom stereocenters. The third-order valence-corrected chi connectivity index (χ3v) is 7.68. The molecular formula is C18H27N7O5S. The van der Waals surface area contributed by atoms with Gasteiger partial charge in [0, 0.05) is 26.7 Å². The highest BCUT2D eigenvalue weighted by atomic mass is 32.2. The van der Waals surface area contributed by atoms with Crippen molar-refractivity contribution in [2.45, 2.75) is 45.1 Å². The van der Waals surface area contributed by atoms with E-state index in [1.54, 1.807) is 27.8 Å². The number of aryl methyl sites for hydroxylation is 2. The van der Waals surface area contributed by atoms with E-state index < -0.39 is 20.9 Å². The molecule has 1 amide bonds. The molecule has 0 spiro atoms. The molecule has 31 heavy (non-hydrogen) atoms. The highest BCUT2D eigenvalue weighted by molar-refractivity contribution is 7.89. The smallest absolute Gasteiger partial charge is 0.312 e. The molecule has 3 heterocycles. The molecule has 2 aromatic rings. The molecule has 0 saturated carbocycles. The highest BCUT2D eigenvalue weighted by Crippen LogP contribution is 2.25. The van der Waals surface area contributed by atoms with Gasteiger partial charge in [0.2, 0.25) is 15.9 Å². The number of amides is 1. The molecule has 3 rings (SSSR count). The second-order valence-electron chi connectivity index (χ2n) is 7.71. The van der Waals surface area contributed by atoms with Gasteiger partial charge >= 0.3 is 5.69 Å². The number of nitrogens with zero attached hydrogens (tertiary/aromatic N) is 6. The summed E-state index contributed by atoms with van der Waals surface area (Å²) in [5.41, 5.74) is 1.28. The summed E-state index contributed by atoms with van der Waals surface area (Å²) in [7, 11) is -2.05. The number of aromatic nitrogens is 4. The van der Waals surface area contributed by atoms with Gasteiger partial charge in [-0.15, -0.1) is 0 Å². The lowest BCUT2D eigenvalue weighted by atomic mass is 9.99. The lowest BCUT2D eigenvalue weighted by Gasteiger charge is -2.31. The van der Waals surface area contributed by atoms with Crippen molar-refractivity contribution in [3.63, 3.8) is 0 Å². The van der Waals surface area contributed by atoms with Crippen molar-refractivity contribution in [1.29, 1.82) is 0 Å². The van der Waals surface area contributed by atoms with E-state index in [-0.39, 0.29) is 36.1 Å². The van der Waals surface area contributed by atoms with Crippen molar-refractivity contribution < 1.29 is 18.1 Å². The highest BCUT2D eigenvalue weighted by Gasteiger charge is 2.35. The minimum Gasteiger partial charge on any atom is -0.354 e. The maximum atomic E-state index is 13.0. The first-order valence-corrected chi connectivity index (χ1v) is 11.4. The quantitative estimate of drug-likeness (QED) is 0.479. The third-order valence-electron chi connectivity index (χ3n) is 5.71. The van der Waals surface area contributed by atoms with Crippen LogP contribution in [0.25, 0.3) is 0 Å². The van der Waals surface area contributed by atoms with Crippen molar-refractivity contribution in [2.24, 2.45) is 13.0 Å². The summed E-state index contributed by atoms with van der Waals surface area (Å²) in [5, 5.41) is 22.1. The Kier molecular flexibility index (Phi) is 6.46. The number of carbonyl (C=O) groups excluding carboxylic acids is 1. The number of piperidine rings is 1. The van der Waals surface area contributed by atoms with Crippen molar-refractivity contribution >= 4 is 21.6 Å². The van der Waals surface area contributed by atoms with Crippen LogP contribution >= 0.6 is 0 Å². The van der Waals surface area contributed by atoms with E-state index in [1.807, 2.05) is 0 Å². The first-order valence-electron chi connectivity index (χ1n) is 9.99. The molecule has 1 aliphatic heterocycles. The maximum Gasteiger partial charge on any atom is 0.312 e. The minimum atomic E-state index is -3.73. The topological polar surface area (TPSA) is 145 Å². The molecule has 1 N–H and O–H groups in total. The predicted octanol–water partition coefficient (Wildman–Crippen LogP) is 0.667. The van der Waals surface area contributed by atoms with Crippen molar-refractivity contribution in [3.8, 4) is 0 Å². The first kappa shape index (κ1) is 22.9. The van der Waals surface area contributed by atoms with E-state index in [0.717, 1.165) is 0 Å². The fourth-order valence-corrected chi connectivity index (χ4v) is 5.55. The van der Waals surface area contributed by atoms with Gasteiger partial charge in [0.05, 0.1) is 29.3 Å². The number of nitrogens with one attached hydrogen (secondary N) is 1. The van der Waals surface area contributed by atoms with Crippen LogP contribution in [0.2, 0.25) is 0 Å². The molecule has 0 aromatic carbocycles. The van der Waals surface area contributed by atoms with Crippen LogP contribution in [0.1, 0.15) is 29.9 Å². The van der Waals surface area contributed by atoms with Crippen molar-refractivity contribution in [2.75, 3.05) is 19.6 Å². The van der Waals surface area contributed by atoms with Crippen LogP contribution < -0.4 is 5.32 Å². The molecule has 0 unspecified atom stereocenters. The SMILES string of the molecule is Cc1nn(CCNC(=O)[C@H]2CCCN(S(=O)(=O)c3cnn(C)c3C)C2)c(C)c1[N+](=O)[O-]. The van der Waals surface area contributed by atoms with Gasteiger partial charge in [-0.1, -0.05) is 0 Å². The van der Waals surface area contributed by atoms with Crippen LogP contribution in [0.5, 0.6) is 0 Å². The van der Waals surface area contributed by atoms with Gasteiger partial charge in [-0.2, -0.15) is 14.5 Å². The minimum absolute atomic E-state index is 0.0230. The zero-order valence-corrected chi connectivity index (χ0v) is 18.8. The van der Waals surface area contributed by atoms with Crippen LogP contribution in [0, 0.1) is 36.8 Å². The number of hydrogen-bond acceptors (Lipinski definition) is 7. The van der Waals surface area contributed by atoms with Crippen LogP contribution in [0.3, 0.4) is 0 Å². The predicted molar refractivity (Wildman–Crippen MR) is 111 cm³/mol. The zero-order valence-electron chi connectivity index (χ0n) is 18.0. The summed E-state index contributed by atoms with van der Waals surface area (Å²) >= 11 is 0. The van der Waals surface area contributed by atoms with Gasteiger partial charge in [-0.25, -0.2) is 8.42 Å². The Hall–Kier alpha value is -2.80. The molecule has 1 saturated heterocycles. The van der Waals surface area contributed by atoms with Crippen LogP contribution in [0.15, 0.2) is 11.1 Å². The van der Waals surface area contributed by atoms with Gasteiger partial charge in [-0.05, 0) is 33.6 Å². The van der Waals surface area contributed by atoms with Crippen LogP contribution in [-0.2, 0) is 28.4 Å². The molecule has 1 aliphatic rings. The number of hydrogen-bond donors (Lipinski definition) is 1. The van der Waals surface area contributed by atoms with E-state index in [9.17, 15) is 23.3 Å². The average Bonchev–Trinajstić information content (AvgIpc) is 3.20. The molecule has 12 nitrogen and oxygen atoms in total. The second kappa shape index (κ2) is 8.75. The summed E-state index contributed by atoms with van der Waals surface area (Å²) in [4.78, 5) is 23.4. The average molecular weight is 454 g/mol. The lowest BCUT2D eigenvalue weighted by molar-refractivity contribution is -0.386. The van der Waals surface area contributed by atoms with E-state index in [2.05, 4.69) is 15.5 Å². The third kappa shape index (κ3) is 4.46. The Balaban J connectivity index is 1.61. The summed E-state index contributed by atoms with van der Waals surface area (Å²) in [6.45, 7) is 5.87. The lowest BCUT2D eigenvalue weighted by Crippen LogP contribution is -2.45. The van der Waals surface area contributed by atoms with Gasteiger partial charge < -0.3 is 5.32 Å². The number of sulfonamides is 1. The first-order chi connectivity index (χ1) is 14.5. The van der Waals surface area contributed by atoms with Crippen molar-refractivity contribution in [1.82, 2.24) is 29.2 Å². The number of nitro groups is 1. The Morgan fingerprint density at radius 2 is 2.03 bits per heavy atom. The summed E-state index contributed by atoms with van der Waals surface area (Å²) in [5.74, 6) is -0.700. The molecule has 13 heteroatoms. The molecule has 2 aromatic heterocycles. The van der Waals surface area contributed by atoms with E-state index in [1.165, 1.54) is 19.9 Å². The second-order valence-corrected chi connectivity index (χ2v) is 9.62. The van der Waals surface area contributed by atoms with E-state index in [0.29, 0.717) is 36.5 Å². The Labute approximate surface area is 180 Å². The fourth-order valence-electron chi connectivity index (χ4n) is 3.84. The summed E-state index contributed by atoms with van der Waals surface area (Å²) in [6, 6.07) is 0. The fraction of sp³-hybridized carbons (Fsp3) is 0.611. The Morgan fingerprint density at radius 1 is 1.32 bits per heavy atom. The molecular weight excluding hydrogens is 426 g/mol. The van der Waals surface area contributed by atoms with E-state index in [4.69, 9.17) is 0 Å². The normalized spacial score (nSPS) is 17.6. The van der Waals surface area contributed by atoms with Gasteiger partial charge in [0.1, 0.15) is 16.3 Å². The standard InChI is InChI=1S/C18H27N7O5S/c1-12-17(25(27)28)14(3)24(21-12)9-7-19-18(26)15-6-5-8-23(11-15)31(29,30)16-10-20-22(4)13(16)2/h10,15H,5-9,11H2,1-4H3,(H,19,26)/t15-/m0/s1. The Morgan fingerprint density at radius 3 is 2.61 bits per heavy atom. The molecule has 0 bridgehead atoms. The molecule has 0 aliphatic carbocycles. The summed E-state index contributed by atoms with van der Waals surface area (Å²) < 4.78 is 30.3. The zero-order chi connectivity index (χ0) is 22.9. The molecule has 0 radical (unpaired) electrons. The summed E-state index contributed by atoms with van der Waals surface area (Å²) in [6.07, 6.45) is 2.51. The van der Waals surface area contributed by atoms with Gasteiger partial charge in [0.15, 0.2) is 0 Å². The van der Waals surface area contributed by atoms with E-state index >= 15 is 0 Å². The van der Waals surface area contributed by atoms with Crippen LogP contribution in [0.4, 0.5) is 5.69 Å². The maximum absolute atomic E-state index is 13.0. The van der Waals surface area contributed by atoms with Gasteiger partial charge in [0.25, 0.3) is 0 Å². The number of carbonyl (C=O) groups is 1. The van der Waals surface area contributed by atoms with Gasteiger partial charge in [-0.3, -0.25) is 24.3 Å².